The van der Waals surface area contributed by atoms with Gasteiger partial charge in [0.05, 0.1) is 11.8 Å². The van der Waals surface area contributed by atoms with E-state index in [1.165, 1.54) is 0 Å². The Morgan fingerprint density at radius 2 is 2.11 bits per heavy atom. The molecule has 2 unspecified atom stereocenters. The lowest BCUT2D eigenvalue weighted by Gasteiger charge is -2.36. The minimum Gasteiger partial charge on any atom is -0.392 e. The molecule has 19 heavy (non-hydrogen) atoms. The summed E-state index contributed by atoms with van der Waals surface area (Å²) in [6.45, 7) is 6.64. The van der Waals surface area contributed by atoms with Crippen molar-refractivity contribution in [3.05, 3.63) is 16.4 Å². The molecular weight excluding hydrogens is 262 g/mol. The smallest absolute Gasteiger partial charge is 0.130 e. The van der Waals surface area contributed by atoms with E-state index in [1.807, 2.05) is 14.0 Å². The SMILES string of the molecule is Cc1nn(C)c(Cl)c1CC1(CN)CCC(C)(C)C1O. The van der Waals surface area contributed by atoms with Crippen molar-refractivity contribution in [2.24, 2.45) is 23.6 Å². The minimum absolute atomic E-state index is 0.0814. The number of aryl methyl sites for hydroxylation is 2. The zero-order valence-electron chi connectivity index (χ0n) is 12.2. The van der Waals surface area contributed by atoms with Crippen LogP contribution in [0.1, 0.15) is 37.9 Å². The Labute approximate surface area is 119 Å². The van der Waals surface area contributed by atoms with Gasteiger partial charge in [0.25, 0.3) is 0 Å². The highest BCUT2D eigenvalue weighted by molar-refractivity contribution is 6.30. The van der Waals surface area contributed by atoms with Crippen LogP contribution in [0.5, 0.6) is 0 Å². The van der Waals surface area contributed by atoms with Gasteiger partial charge >= 0.3 is 0 Å². The number of aromatic nitrogens is 2. The molecule has 0 aromatic carbocycles. The molecule has 1 aliphatic rings. The first-order valence-electron chi connectivity index (χ1n) is 6.79. The summed E-state index contributed by atoms with van der Waals surface area (Å²) in [5.74, 6) is 0. The number of nitrogens with zero attached hydrogens (tertiary/aromatic N) is 2. The van der Waals surface area contributed by atoms with Crippen LogP contribution in [0.4, 0.5) is 0 Å². The first kappa shape index (κ1) is 14.8. The molecule has 0 radical (unpaired) electrons. The molecule has 4 nitrogen and oxygen atoms in total. The largest absolute Gasteiger partial charge is 0.392 e. The highest BCUT2D eigenvalue weighted by Gasteiger charge is 2.51. The number of rotatable bonds is 3. The van der Waals surface area contributed by atoms with Gasteiger partial charge in [0.1, 0.15) is 5.15 Å². The summed E-state index contributed by atoms with van der Waals surface area (Å²) < 4.78 is 1.68. The van der Waals surface area contributed by atoms with E-state index in [1.54, 1.807) is 4.68 Å². The van der Waals surface area contributed by atoms with Gasteiger partial charge in [-0.05, 0) is 31.6 Å². The van der Waals surface area contributed by atoms with Crippen LogP contribution in [0.15, 0.2) is 0 Å². The van der Waals surface area contributed by atoms with Crippen molar-refractivity contribution in [1.82, 2.24) is 9.78 Å². The predicted molar refractivity (Wildman–Crippen MR) is 77.2 cm³/mol. The molecule has 1 heterocycles. The zero-order chi connectivity index (χ0) is 14.4. The molecule has 5 heteroatoms. The van der Waals surface area contributed by atoms with Gasteiger partial charge in [0.15, 0.2) is 0 Å². The van der Waals surface area contributed by atoms with Crippen molar-refractivity contribution < 1.29 is 5.11 Å². The van der Waals surface area contributed by atoms with Crippen molar-refractivity contribution >= 4 is 11.6 Å². The third kappa shape index (κ3) is 2.30. The normalized spacial score (nSPS) is 29.9. The molecule has 0 spiro atoms. The molecule has 1 aliphatic carbocycles. The van der Waals surface area contributed by atoms with Crippen molar-refractivity contribution in [2.45, 2.75) is 46.1 Å². The molecule has 0 amide bonds. The van der Waals surface area contributed by atoms with Gasteiger partial charge in [-0.25, -0.2) is 0 Å². The van der Waals surface area contributed by atoms with Crippen LogP contribution >= 0.6 is 11.6 Å². The average Bonchev–Trinajstić information content (AvgIpc) is 2.72. The lowest BCUT2D eigenvalue weighted by atomic mass is 9.74. The molecule has 1 saturated carbocycles. The summed E-state index contributed by atoms with van der Waals surface area (Å²) in [6.07, 6.45) is 2.22. The number of aliphatic hydroxyl groups excluding tert-OH is 1. The van der Waals surface area contributed by atoms with Crippen LogP contribution < -0.4 is 5.73 Å². The van der Waals surface area contributed by atoms with E-state index >= 15 is 0 Å². The Morgan fingerprint density at radius 3 is 2.47 bits per heavy atom. The Hall–Kier alpha value is -0.580. The standard InChI is InChI=1S/C14H24ClN3O/c1-9-10(11(15)18(4)17-9)7-14(8-16)6-5-13(2,3)12(14)19/h12,19H,5-8,16H2,1-4H3. The summed E-state index contributed by atoms with van der Waals surface area (Å²) in [4.78, 5) is 0. The topological polar surface area (TPSA) is 64.1 Å². The van der Waals surface area contributed by atoms with Gasteiger partial charge in [-0.2, -0.15) is 5.10 Å². The second-order valence-corrected chi connectivity index (χ2v) is 6.97. The molecule has 1 aromatic rings. The Morgan fingerprint density at radius 1 is 1.47 bits per heavy atom. The molecule has 3 N–H and O–H groups in total. The molecule has 1 aromatic heterocycles. The molecule has 1 fully saturated rings. The van der Waals surface area contributed by atoms with Crippen molar-refractivity contribution in [3.63, 3.8) is 0 Å². The van der Waals surface area contributed by atoms with E-state index < -0.39 is 6.10 Å². The Kier molecular flexibility index (Phi) is 3.71. The van der Waals surface area contributed by atoms with Gasteiger partial charge in [-0.3, -0.25) is 4.68 Å². The van der Waals surface area contributed by atoms with E-state index in [-0.39, 0.29) is 10.8 Å². The third-order valence-electron chi connectivity index (χ3n) is 4.79. The monoisotopic (exact) mass is 285 g/mol. The quantitative estimate of drug-likeness (QED) is 0.893. The number of nitrogens with two attached hydrogens (primary N) is 1. The number of hydrogen-bond donors (Lipinski definition) is 2. The van der Waals surface area contributed by atoms with Crippen LogP contribution in [0.25, 0.3) is 0 Å². The number of aliphatic hydroxyl groups is 1. The van der Waals surface area contributed by atoms with Gasteiger partial charge in [0.2, 0.25) is 0 Å². The van der Waals surface area contributed by atoms with E-state index in [2.05, 4.69) is 18.9 Å². The lowest BCUT2D eigenvalue weighted by Crippen LogP contribution is -2.44. The Balaban J connectivity index is 2.35. The second-order valence-electron chi connectivity index (χ2n) is 6.61. The van der Waals surface area contributed by atoms with Crippen molar-refractivity contribution in [3.8, 4) is 0 Å². The highest BCUT2D eigenvalue weighted by Crippen LogP contribution is 2.51. The van der Waals surface area contributed by atoms with Crippen molar-refractivity contribution in [2.75, 3.05) is 6.54 Å². The van der Waals surface area contributed by atoms with Gasteiger partial charge in [-0.15, -0.1) is 0 Å². The van der Waals surface area contributed by atoms with Gasteiger partial charge < -0.3 is 10.8 Å². The van der Waals surface area contributed by atoms with Crippen LogP contribution in [0.3, 0.4) is 0 Å². The lowest BCUT2D eigenvalue weighted by molar-refractivity contribution is -0.00469. The molecular formula is C14H24ClN3O. The van der Waals surface area contributed by atoms with E-state index in [4.69, 9.17) is 17.3 Å². The molecule has 2 rings (SSSR count). The van der Waals surface area contributed by atoms with Crippen LogP contribution in [0, 0.1) is 17.8 Å². The van der Waals surface area contributed by atoms with E-state index in [0.717, 1.165) is 24.1 Å². The van der Waals surface area contributed by atoms with Crippen LogP contribution in [-0.2, 0) is 13.5 Å². The molecule has 0 saturated heterocycles. The summed E-state index contributed by atoms with van der Waals surface area (Å²) >= 11 is 6.31. The summed E-state index contributed by atoms with van der Waals surface area (Å²) in [7, 11) is 1.84. The maximum absolute atomic E-state index is 10.7. The van der Waals surface area contributed by atoms with E-state index in [0.29, 0.717) is 18.1 Å². The maximum Gasteiger partial charge on any atom is 0.130 e. The number of halogens is 1. The minimum atomic E-state index is -0.402. The summed E-state index contributed by atoms with van der Waals surface area (Å²) in [5.41, 5.74) is 7.59. The van der Waals surface area contributed by atoms with E-state index in [9.17, 15) is 5.11 Å². The zero-order valence-corrected chi connectivity index (χ0v) is 13.0. The van der Waals surface area contributed by atoms with Crippen LogP contribution in [-0.4, -0.2) is 27.5 Å². The first-order chi connectivity index (χ1) is 8.73. The van der Waals surface area contributed by atoms with Crippen molar-refractivity contribution in [1.29, 1.82) is 0 Å². The second kappa shape index (κ2) is 4.76. The third-order valence-corrected chi connectivity index (χ3v) is 5.27. The Bertz CT molecular complexity index is 483. The molecule has 108 valence electrons. The first-order valence-corrected chi connectivity index (χ1v) is 7.17. The van der Waals surface area contributed by atoms with Gasteiger partial charge in [0, 0.05) is 24.6 Å². The average molecular weight is 286 g/mol. The number of hydrogen-bond acceptors (Lipinski definition) is 3. The maximum atomic E-state index is 10.7. The molecule has 0 aliphatic heterocycles. The van der Waals surface area contributed by atoms with Crippen LogP contribution in [0.2, 0.25) is 5.15 Å². The molecule has 0 bridgehead atoms. The van der Waals surface area contributed by atoms with Gasteiger partial charge in [-0.1, -0.05) is 25.4 Å². The fourth-order valence-electron chi connectivity index (χ4n) is 3.37. The fourth-order valence-corrected chi connectivity index (χ4v) is 3.61. The predicted octanol–water partition coefficient (Wildman–Crippen LogP) is 2.05. The molecule has 2 atom stereocenters. The highest BCUT2D eigenvalue weighted by atomic mass is 35.5. The fraction of sp³-hybridized carbons (Fsp3) is 0.786. The summed E-state index contributed by atoms with van der Waals surface area (Å²) in [5, 5.41) is 15.7. The summed E-state index contributed by atoms with van der Waals surface area (Å²) in [6, 6.07) is 0.